The van der Waals surface area contributed by atoms with Gasteiger partial charge in [-0.05, 0) is 12.1 Å². The molecule has 0 amide bonds. The predicted molar refractivity (Wildman–Crippen MR) is 64.7 cm³/mol. The second-order valence-electron chi connectivity index (χ2n) is 3.92. The zero-order chi connectivity index (χ0) is 11.9. The third-order valence-electron chi connectivity index (χ3n) is 2.74. The summed E-state index contributed by atoms with van der Waals surface area (Å²) in [7, 11) is 0. The third kappa shape index (κ3) is 3.70. The molecular formula is C12H16N4O. The Morgan fingerprint density at radius 2 is 2.29 bits per heavy atom. The average molecular weight is 232 g/mol. The van der Waals surface area contributed by atoms with Crippen LogP contribution >= 0.6 is 0 Å². The Morgan fingerprint density at radius 1 is 1.47 bits per heavy atom. The van der Waals surface area contributed by atoms with Gasteiger partial charge in [0, 0.05) is 38.1 Å². The SMILES string of the molecule is N#Cc1cc(NCCN2CCOCC2)ccn1. The third-order valence-corrected chi connectivity index (χ3v) is 2.74. The monoisotopic (exact) mass is 232 g/mol. The van der Waals surface area contributed by atoms with Crippen molar-refractivity contribution in [3.63, 3.8) is 0 Å². The molecule has 5 heteroatoms. The van der Waals surface area contributed by atoms with Gasteiger partial charge in [-0.15, -0.1) is 0 Å². The lowest BCUT2D eigenvalue weighted by molar-refractivity contribution is 0.0398. The minimum atomic E-state index is 0.446. The van der Waals surface area contributed by atoms with E-state index in [1.165, 1.54) is 0 Å². The van der Waals surface area contributed by atoms with Crippen LogP contribution in [0.2, 0.25) is 0 Å². The number of nitrogens with one attached hydrogen (secondary N) is 1. The van der Waals surface area contributed by atoms with Gasteiger partial charge in [0.1, 0.15) is 11.8 Å². The number of nitriles is 1. The fourth-order valence-corrected chi connectivity index (χ4v) is 1.78. The average Bonchev–Trinajstić information content (AvgIpc) is 2.40. The van der Waals surface area contributed by atoms with Crippen molar-refractivity contribution in [3.05, 3.63) is 24.0 Å². The number of morpholine rings is 1. The molecule has 0 bridgehead atoms. The molecule has 1 aromatic heterocycles. The first kappa shape index (κ1) is 11.8. The van der Waals surface area contributed by atoms with E-state index in [0.717, 1.165) is 45.1 Å². The van der Waals surface area contributed by atoms with Crippen LogP contribution in [0.4, 0.5) is 5.69 Å². The molecule has 17 heavy (non-hydrogen) atoms. The van der Waals surface area contributed by atoms with Crippen LogP contribution in [0.3, 0.4) is 0 Å². The Bertz CT molecular complexity index is 396. The molecule has 1 saturated heterocycles. The standard InChI is InChI=1S/C12H16N4O/c13-10-12-9-11(1-2-14-12)15-3-4-16-5-7-17-8-6-16/h1-2,9H,3-8H2,(H,14,15). The van der Waals surface area contributed by atoms with E-state index < -0.39 is 0 Å². The fraction of sp³-hybridized carbons (Fsp3) is 0.500. The van der Waals surface area contributed by atoms with Gasteiger partial charge in [-0.3, -0.25) is 4.90 Å². The van der Waals surface area contributed by atoms with E-state index in [0.29, 0.717) is 5.69 Å². The van der Waals surface area contributed by atoms with Crippen LogP contribution in [0.5, 0.6) is 0 Å². The van der Waals surface area contributed by atoms with Crippen molar-refractivity contribution < 1.29 is 4.74 Å². The van der Waals surface area contributed by atoms with Gasteiger partial charge in [0.25, 0.3) is 0 Å². The first-order valence-electron chi connectivity index (χ1n) is 5.78. The van der Waals surface area contributed by atoms with E-state index in [-0.39, 0.29) is 0 Å². The topological polar surface area (TPSA) is 61.2 Å². The molecule has 1 aliphatic rings. The molecule has 1 N–H and O–H groups in total. The highest BCUT2D eigenvalue weighted by molar-refractivity contribution is 5.45. The number of anilines is 1. The molecule has 90 valence electrons. The van der Waals surface area contributed by atoms with Gasteiger partial charge in [0.15, 0.2) is 0 Å². The summed E-state index contributed by atoms with van der Waals surface area (Å²) >= 11 is 0. The van der Waals surface area contributed by atoms with Crippen LogP contribution < -0.4 is 5.32 Å². The molecule has 0 aliphatic carbocycles. The fourth-order valence-electron chi connectivity index (χ4n) is 1.78. The van der Waals surface area contributed by atoms with Crippen LogP contribution in [0, 0.1) is 11.3 Å². The molecule has 1 fully saturated rings. The van der Waals surface area contributed by atoms with Gasteiger partial charge >= 0.3 is 0 Å². The van der Waals surface area contributed by atoms with E-state index in [4.69, 9.17) is 10.00 Å². The Kier molecular flexibility index (Phi) is 4.30. The molecule has 0 saturated carbocycles. The molecular weight excluding hydrogens is 216 g/mol. The number of rotatable bonds is 4. The van der Waals surface area contributed by atoms with Gasteiger partial charge in [0.2, 0.25) is 0 Å². The molecule has 5 nitrogen and oxygen atoms in total. The highest BCUT2D eigenvalue weighted by Gasteiger charge is 2.08. The number of pyridine rings is 1. The molecule has 0 unspecified atom stereocenters. The van der Waals surface area contributed by atoms with Crippen molar-refractivity contribution in [3.8, 4) is 6.07 Å². The lowest BCUT2D eigenvalue weighted by Gasteiger charge is -2.26. The number of aromatic nitrogens is 1. The molecule has 0 radical (unpaired) electrons. The lowest BCUT2D eigenvalue weighted by Crippen LogP contribution is -2.39. The molecule has 1 aliphatic heterocycles. The second-order valence-corrected chi connectivity index (χ2v) is 3.92. The Labute approximate surface area is 101 Å². The van der Waals surface area contributed by atoms with Crippen molar-refractivity contribution in [1.29, 1.82) is 5.26 Å². The first-order chi connectivity index (χ1) is 8.38. The summed E-state index contributed by atoms with van der Waals surface area (Å²) in [5, 5.41) is 12.0. The molecule has 2 rings (SSSR count). The summed E-state index contributed by atoms with van der Waals surface area (Å²) in [5.41, 5.74) is 1.39. The van der Waals surface area contributed by atoms with Crippen LogP contribution in [-0.2, 0) is 4.74 Å². The minimum Gasteiger partial charge on any atom is -0.384 e. The molecule has 1 aromatic rings. The second kappa shape index (κ2) is 6.18. The maximum atomic E-state index is 8.73. The minimum absolute atomic E-state index is 0.446. The van der Waals surface area contributed by atoms with Gasteiger partial charge in [-0.25, -0.2) is 4.98 Å². The van der Waals surface area contributed by atoms with Crippen LogP contribution in [-0.4, -0.2) is 49.3 Å². The first-order valence-corrected chi connectivity index (χ1v) is 5.78. The largest absolute Gasteiger partial charge is 0.384 e. The number of nitrogens with zero attached hydrogens (tertiary/aromatic N) is 3. The van der Waals surface area contributed by atoms with E-state index >= 15 is 0 Å². The summed E-state index contributed by atoms with van der Waals surface area (Å²) < 4.78 is 5.29. The number of ether oxygens (including phenoxy) is 1. The van der Waals surface area contributed by atoms with Crippen molar-refractivity contribution in [2.45, 2.75) is 0 Å². The van der Waals surface area contributed by atoms with Crippen molar-refractivity contribution in [1.82, 2.24) is 9.88 Å². The van der Waals surface area contributed by atoms with Crippen LogP contribution in [0.1, 0.15) is 5.69 Å². The normalized spacial score (nSPS) is 16.4. The smallest absolute Gasteiger partial charge is 0.142 e. The molecule has 0 aromatic carbocycles. The maximum absolute atomic E-state index is 8.73. The van der Waals surface area contributed by atoms with Gasteiger partial charge in [-0.2, -0.15) is 5.26 Å². The lowest BCUT2D eigenvalue weighted by atomic mass is 10.3. The zero-order valence-electron chi connectivity index (χ0n) is 9.72. The summed E-state index contributed by atoms with van der Waals surface area (Å²) in [5.74, 6) is 0. The Balaban J connectivity index is 1.75. The highest BCUT2D eigenvalue weighted by atomic mass is 16.5. The van der Waals surface area contributed by atoms with Crippen molar-refractivity contribution >= 4 is 5.69 Å². The number of hydrogen-bond donors (Lipinski definition) is 1. The van der Waals surface area contributed by atoms with Gasteiger partial charge in [0.05, 0.1) is 13.2 Å². The van der Waals surface area contributed by atoms with E-state index in [1.807, 2.05) is 12.1 Å². The van der Waals surface area contributed by atoms with Crippen LogP contribution in [0.15, 0.2) is 18.3 Å². The van der Waals surface area contributed by atoms with Gasteiger partial charge < -0.3 is 10.1 Å². The molecule has 0 spiro atoms. The molecule has 2 heterocycles. The highest BCUT2D eigenvalue weighted by Crippen LogP contribution is 2.06. The Hall–Kier alpha value is -1.64. The number of hydrogen-bond acceptors (Lipinski definition) is 5. The van der Waals surface area contributed by atoms with E-state index in [1.54, 1.807) is 12.3 Å². The zero-order valence-corrected chi connectivity index (χ0v) is 9.72. The van der Waals surface area contributed by atoms with E-state index in [9.17, 15) is 0 Å². The van der Waals surface area contributed by atoms with Crippen LogP contribution in [0.25, 0.3) is 0 Å². The van der Waals surface area contributed by atoms with Crippen molar-refractivity contribution in [2.75, 3.05) is 44.7 Å². The predicted octanol–water partition coefficient (Wildman–Crippen LogP) is 0.697. The van der Waals surface area contributed by atoms with Crippen molar-refractivity contribution in [2.24, 2.45) is 0 Å². The summed E-state index contributed by atoms with van der Waals surface area (Å²) in [6.45, 7) is 5.52. The summed E-state index contributed by atoms with van der Waals surface area (Å²) in [4.78, 5) is 6.29. The van der Waals surface area contributed by atoms with Gasteiger partial charge in [-0.1, -0.05) is 0 Å². The Morgan fingerprint density at radius 3 is 3.06 bits per heavy atom. The quantitative estimate of drug-likeness (QED) is 0.828. The van der Waals surface area contributed by atoms with E-state index in [2.05, 4.69) is 15.2 Å². The summed E-state index contributed by atoms with van der Waals surface area (Å²) in [6, 6.07) is 5.67. The molecule has 0 atom stereocenters. The maximum Gasteiger partial charge on any atom is 0.142 e. The summed E-state index contributed by atoms with van der Waals surface area (Å²) in [6.07, 6.45) is 1.65.